The molecule has 1 aliphatic heterocycles. The van der Waals surface area contributed by atoms with Crippen LogP contribution in [-0.2, 0) is 0 Å². The maximum Gasteiger partial charge on any atom is 0.0218 e. The molecule has 0 aromatic carbocycles. The van der Waals surface area contributed by atoms with Crippen LogP contribution < -0.4 is 5.32 Å². The van der Waals surface area contributed by atoms with E-state index in [4.69, 9.17) is 0 Å². The number of rotatable bonds is 7. The lowest BCUT2D eigenvalue weighted by molar-refractivity contribution is 0.129. The lowest BCUT2D eigenvalue weighted by Crippen LogP contribution is -2.55. The Morgan fingerprint density at radius 1 is 1.31 bits per heavy atom. The maximum absolute atomic E-state index is 3.58. The van der Waals surface area contributed by atoms with Gasteiger partial charge >= 0.3 is 0 Å². The van der Waals surface area contributed by atoms with Gasteiger partial charge in [-0.15, -0.1) is 0 Å². The third kappa shape index (κ3) is 5.07. The quantitative estimate of drug-likeness (QED) is 0.693. The zero-order valence-electron chi connectivity index (χ0n) is 11.2. The van der Waals surface area contributed by atoms with E-state index in [1.165, 1.54) is 51.1 Å². The van der Waals surface area contributed by atoms with E-state index < -0.39 is 0 Å². The Hall–Kier alpha value is 0.270. The minimum atomic E-state index is 0.675. The second kappa shape index (κ2) is 8.37. The van der Waals surface area contributed by atoms with E-state index in [1.54, 1.807) is 0 Å². The molecule has 1 fully saturated rings. The molecule has 0 aromatic heterocycles. The van der Waals surface area contributed by atoms with Crippen LogP contribution in [0.25, 0.3) is 0 Å². The zero-order valence-corrected chi connectivity index (χ0v) is 12.0. The highest BCUT2D eigenvalue weighted by Crippen LogP contribution is 2.12. The van der Waals surface area contributed by atoms with Crippen LogP contribution in [0.1, 0.15) is 39.5 Å². The molecule has 16 heavy (non-hydrogen) atoms. The molecule has 0 amide bonds. The molecule has 0 radical (unpaired) electrons. The number of hydrogen-bond donors (Lipinski definition) is 1. The van der Waals surface area contributed by atoms with E-state index in [0.717, 1.165) is 6.04 Å². The van der Waals surface area contributed by atoms with E-state index in [9.17, 15) is 0 Å². The molecule has 1 heterocycles. The summed E-state index contributed by atoms with van der Waals surface area (Å²) in [5, 5.41) is 3.58. The molecule has 1 aliphatic rings. The molecule has 1 N–H and O–H groups in total. The number of unbranched alkanes of at least 4 members (excludes halogenated alkanes) is 2. The van der Waals surface area contributed by atoms with Gasteiger partial charge in [-0.2, -0.15) is 11.8 Å². The number of nitrogens with one attached hydrogen (secondary N) is 1. The van der Waals surface area contributed by atoms with Gasteiger partial charge in [0.1, 0.15) is 0 Å². The van der Waals surface area contributed by atoms with Crippen LogP contribution in [0.3, 0.4) is 0 Å². The Morgan fingerprint density at radius 3 is 2.81 bits per heavy atom. The van der Waals surface area contributed by atoms with Gasteiger partial charge in [-0.25, -0.2) is 0 Å². The molecule has 1 saturated heterocycles. The Labute approximate surface area is 106 Å². The largest absolute Gasteiger partial charge is 0.311 e. The van der Waals surface area contributed by atoms with Crippen LogP contribution in [-0.4, -0.2) is 48.6 Å². The summed E-state index contributed by atoms with van der Waals surface area (Å²) in [6.07, 6.45) is 7.65. The van der Waals surface area contributed by atoms with Crippen molar-refractivity contribution >= 4 is 11.8 Å². The average molecular weight is 244 g/mol. The molecule has 0 aromatic rings. The first-order chi connectivity index (χ1) is 7.77. The fourth-order valence-electron chi connectivity index (χ4n) is 2.45. The van der Waals surface area contributed by atoms with Crippen LogP contribution in [0.4, 0.5) is 0 Å². The molecule has 96 valence electrons. The van der Waals surface area contributed by atoms with Gasteiger partial charge < -0.3 is 5.32 Å². The van der Waals surface area contributed by atoms with Gasteiger partial charge in [0.05, 0.1) is 0 Å². The summed E-state index contributed by atoms with van der Waals surface area (Å²) in [5.41, 5.74) is 0. The first-order valence-corrected chi connectivity index (χ1v) is 8.13. The van der Waals surface area contributed by atoms with Crippen molar-refractivity contribution in [1.82, 2.24) is 10.2 Å². The minimum Gasteiger partial charge on any atom is -0.311 e. The minimum absolute atomic E-state index is 0.675. The van der Waals surface area contributed by atoms with Crippen molar-refractivity contribution in [2.75, 3.05) is 31.6 Å². The Bertz CT molecular complexity index is 175. The van der Waals surface area contributed by atoms with Gasteiger partial charge in [0, 0.05) is 25.2 Å². The first-order valence-electron chi connectivity index (χ1n) is 6.74. The molecular formula is C13H28N2S. The summed E-state index contributed by atoms with van der Waals surface area (Å²) >= 11 is 1.97. The second-order valence-electron chi connectivity index (χ2n) is 4.92. The molecule has 2 atom stereocenters. The van der Waals surface area contributed by atoms with Crippen molar-refractivity contribution in [3.8, 4) is 0 Å². The molecule has 0 saturated carbocycles. The lowest BCUT2D eigenvalue weighted by atomic mass is 10.1. The standard InChI is InChI=1S/C13H28N2S/c1-4-13-10-14-12(2)11-15(13)8-6-5-7-9-16-3/h12-14H,4-11H2,1-3H3. The summed E-state index contributed by atoms with van der Waals surface area (Å²) < 4.78 is 0. The van der Waals surface area contributed by atoms with Gasteiger partial charge in [0.15, 0.2) is 0 Å². The van der Waals surface area contributed by atoms with Crippen LogP contribution in [0.2, 0.25) is 0 Å². The SMILES string of the molecule is CCC1CNC(C)CN1CCCCCSC. The average Bonchev–Trinajstić information content (AvgIpc) is 2.29. The monoisotopic (exact) mass is 244 g/mol. The van der Waals surface area contributed by atoms with Crippen molar-refractivity contribution in [3.05, 3.63) is 0 Å². The van der Waals surface area contributed by atoms with Gasteiger partial charge in [0.25, 0.3) is 0 Å². The van der Waals surface area contributed by atoms with Crippen molar-refractivity contribution in [2.45, 2.75) is 51.6 Å². The normalized spacial score (nSPS) is 27.2. The van der Waals surface area contributed by atoms with E-state index in [-0.39, 0.29) is 0 Å². The van der Waals surface area contributed by atoms with Crippen LogP contribution in [0.15, 0.2) is 0 Å². The van der Waals surface area contributed by atoms with Crippen LogP contribution in [0.5, 0.6) is 0 Å². The Morgan fingerprint density at radius 2 is 2.12 bits per heavy atom. The second-order valence-corrected chi connectivity index (χ2v) is 5.91. The third-order valence-electron chi connectivity index (χ3n) is 3.49. The molecule has 0 bridgehead atoms. The topological polar surface area (TPSA) is 15.3 Å². The highest BCUT2D eigenvalue weighted by atomic mass is 32.2. The summed E-state index contributed by atoms with van der Waals surface area (Å²) in [5.74, 6) is 1.33. The van der Waals surface area contributed by atoms with Gasteiger partial charge in [-0.05, 0) is 44.7 Å². The number of nitrogens with zero attached hydrogens (tertiary/aromatic N) is 1. The molecule has 0 spiro atoms. The zero-order chi connectivity index (χ0) is 11.8. The van der Waals surface area contributed by atoms with Crippen molar-refractivity contribution in [3.63, 3.8) is 0 Å². The summed E-state index contributed by atoms with van der Waals surface area (Å²) in [7, 11) is 0. The van der Waals surface area contributed by atoms with Crippen molar-refractivity contribution < 1.29 is 0 Å². The van der Waals surface area contributed by atoms with Crippen LogP contribution >= 0.6 is 11.8 Å². The fraction of sp³-hybridized carbons (Fsp3) is 1.00. The maximum atomic E-state index is 3.58. The molecule has 1 rings (SSSR count). The Balaban J connectivity index is 2.16. The van der Waals surface area contributed by atoms with E-state index >= 15 is 0 Å². The highest BCUT2D eigenvalue weighted by molar-refractivity contribution is 7.98. The summed E-state index contributed by atoms with van der Waals surface area (Å²) in [6.45, 7) is 8.33. The number of thioether (sulfide) groups is 1. The predicted octanol–water partition coefficient (Wildman–Crippen LogP) is 2.59. The van der Waals surface area contributed by atoms with Gasteiger partial charge in [-0.1, -0.05) is 13.3 Å². The molecular weight excluding hydrogens is 216 g/mol. The summed E-state index contributed by atoms with van der Waals surface area (Å²) in [6, 6.07) is 1.45. The number of hydrogen-bond acceptors (Lipinski definition) is 3. The van der Waals surface area contributed by atoms with Gasteiger partial charge in [-0.3, -0.25) is 4.90 Å². The van der Waals surface area contributed by atoms with Crippen molar-refractivity contribution in [2.24, 2.45) is 0 Å². The summed E-state index contributed by atoms with van der Waals surface area (Å²) in [4.78, 5) is 2.69. The molecule has 2 nitrogen and oxygen atoms in total. The fourth-order valence-corrected chi connectivity index (χ4v) is 2.94. The van der Waals surface area contributed by atoms with Crippen LogP contribution in [0, 0.1) is 0 Å². The van der Waals surface area contributed by atoms with E-state index in [1.807, 2.05) is 11.8 Å². The predicted molar refractivity (Wildman–Crippen MR) is 75.3 cm³/mol. The first kappa shape index (κ1) is 14.3. The molecule has 2 unspecified atom stereocenters. The van der Waals surface area contributed by atoms with E-state index in [0.29, 0.717) is 6.04 Å². The number of piperazine rings is 1. The molecule has 0 aliphatic carbocycles. The smallest absolute Gasteiger partial charge is 0.0218 e. The van der Waals surface area contributed by atoms with Crippen molar-refractivity contribution in [1.29, 1.82) is 0 Å². The molecule has 3 heteroatoms. The lowest BCUT2D eigenvalue weighted by Gasteiger charge is -2.39. The highest BCUT2D eigenvalue weighted by Gasteiger charge is 2.23. The van der Waals surface area contributed by atoms with Gasteiger partial charge in [0.2, 0.25) is 0 Å². The Kier molecular flexibility index (Phi) is 7.50. The van der Waals surface area contributed by atoms with E-state index in [2.05, 4.69) is 30.3 Å². The third-order valence-corrected chi connectivity index (χ3v) is 4.19.